The van der Waals surface area contributed by atoms with Crippen molar-refractivity contribution in [2.75, 3.05) is 7.05 Å². The Morgan fingerprint density at radius 1 is 1.32 bits per heavy atom. The van der Waals surface area contributed by atoms with Gasteiger partial charge in [0.25, 0.3) is 0 Å². The van der Waals surface area contributed by atoms with Gasteiger partial charge in [0.1, 0.15) is 17.2 Å². The number of fused-ring (bicyclic) bond motifs is 1. The van der Waals surface area contributed by atoms with Gasteiger partial charge < -0.3 is 14.5 Å². The molecule has 3 atom stereocenters. The van der Waals surface area contributed by atoms with Crippen molar-refractivity contribution in [3.63, 3.8) is 0 Å². The van der Waals surface area contributed by atoms with E-state index in [9.17, 15) is 4.39 Å². The molecule has 3 nitrogen and oxygen atoms in total. The van der Waals surface area contributed by atoms with Crippen LogP contribution < -0.4 is 5.32 Å². The van der Waals surface area contributed by atoms with E-state index in [0.717, 1.165) is 24.0 Å². The Bertz CT molecular complexity index is 581. The number of likely N-dealkylation sites (N-methyl/N-ethyl adjacent to an activating group) is 1. The molecule has 0 amide bonds. The van der Waals surface area contributed by atoms with Gasteiger partial charge in [0.15, 0.2) is 0 Å². The van der Waals surface area contributed by atoms with Gasteiger partial charge >= 0.3 is 0 Å². The van der Waals surface area contributed by atoms with Crippen molar-refractivity contribution in [2.45, 2.75) is 38.0 Å². The van der Waals surface area contributed by atoms with Gasteiger partial charge in [0.05, 0.1) is 18.2 Å². The SMILES string of the molecule is CNC(c1cc2cc(F)ccc2o1)C1CCC(C)O1. The second-order valence-corrected chi connectivity index (χ2v) is 5.16. The van der Waals surface area contributed by atoms with Crippen molar-refractivity contribution in [3.8, 4) is 0 Å². The van der Waals surface area contributed by atoms with Crippen LogP contribution in [-0.4, -0.2) is 19.3 Å². The van der Waals surface area contributed by atoms with Crippen molar-refractivity contribution in [2.24, 2.45) is 0 Å². The predicted molar refractivity (Wildman–Crippen MR) is 71.5 cm³/mol. The molecule has 3 rings (SSSR count). The fraction of sp³-hybridized carbons (Fsp3) is 0.467. The van der Waals surface area contributed by atoms with Crippen LogP contribution in [0.2, 0.25) is 0 Å². The molecule has 1 N–H and O–H groups in total. The molecule has 0 aliphatic carbocycles. The van der Waals surface area contributed by atoms with Crippen molar-refractivity contribution in [1.29, 1.82) is 0 Å². The van der Waals surface area contributed by atoms with Crippen LogP contribution >= 0.6 is 0 Å². The molecule has 0 saturated carbocycles. The molecule has 102 valence electrons. The smallest absolute Gasteiger partial charge is 0.134 e. The highest BCUT2D eigenvalue weighted by atomic mass is 19.1. The van der Waals surface area contributed by atoms with Crippen molar-refractivity contribution < 1.29 is 13.5 Å². The summed E-state index contributed by atoms with van der Waals surface area (Å²) in [6, 6.07) is 6.48. The lowest BCUT2D eigenvalue weighted by Crippen LogP contribution is -2.29. The molecule has 0 bridgehead atoms. The third-order valence-electron chi connectivity index (χ3n) is 3.75. The summed E-state index contributed by atoms with van der Waals surface area (Å²) in [6.45, 7) is 2.08. The van der Waals surface area contributed by atoms with E-state index in [1.54, 1.807) is 6.07 Å². The lowest BCUT2D eigenvalue weighted by molar-refractivity contribution is 0.0289. The molecule has 2 heterocycles. The van der Waals surface area contributed by atoms with Crippen LogP contribution in [0.1, 0.15) is 31.6 Å². The Balaban J connectivity index is 1.92. The number of ether oxygens (including phenoxy) is 1. The van der Waals surface area contributed by atoms with E-state index in [2.05, 4.69) is 12.2 Å². The molecule has 1 aromatic carbocycles. The summed E-state index contributed by atoms with van der Waals surface area (Å²) >= 11 is 0. The minimum Gasteiger partial charge on any atom is -0.459 e. The molecule has 1 saturated heterocycles. The molecule has 4 heteroatoms. The van der Waals surface area contributed by atoms with Crippen LogP contribution in [0, 0.1) is 5.82 Å². The van der Waals surface area contributed by atoms with Gasteiger partial charge in [-0.3, -0.25) is 0 Å². The predicted octanol–water partition coefficient (Wildman–Crippen LogP) is 3.40. The molecule has 19 heavy (non-hydrogen) atoms. The van der Waals surface area contributed by atoms with Gasteiger partial charge in [0.2, 0.25) is 0 Å². The van der Waals surface area contributed by atoms with Gasteiger partial charge in [-0.15, -0.1) is 0 Å². The lowest BCUT2D eigenvalue weighted by Gasteiger charge is -2.20. The van der Waals surface area contributed by atoms with Crippen molar-refractivity contribution in [3.05, 3.63) is 35.8 Å². The zero-order valence-corrected chi connectivity index (χ0v) is 11.2. The summed E-state index contributed by atoms with van der Waals surface area (Å²) in [7, 11) is 1.89. The normalized spacial score (nSPS) is 25.0. The number of furan rings is 1. The maximum Gasteiger partial charge on any atom is 0.134 e. The van der Waals surface area contributed by atoms with Gasteiger partial charge in [0, 0.05) is 5.39 Å². The average Bonchev–Trinajstić information content (AvgIpc) is 2.96. The van der Waals surface area contributed by atoms with E-state index >= 15 is 0 Å². The third-order valence-corrected chi connectivity index (χ3v) is 3.75. The highest BCUT2D eigenvalue weighted by Gasteiger charge is 2.31. The van der Waals surface area contributed by atoms with Crippen molar-refractivity contribution in [1.82, 2.24) is 5.32 Å². The standard InChI is InChI=1S/C15H18FNO2/c1-9-3-5-13(18-9)15(17-2)14-8-10-7-11(16)4-6-12(10)19-14/h4,6-9,13,15,17H,3,5H2,1-2H3. The first-order chi connectivity index (χ1) is 9.17. The molecule has 1 fully saturated rings. The van der Waals surface area contributed by atoms with Gasteiger partial charge in [-0.1, -0.05) is 0 Å². The molecule has 1 aliphatic rings. The molecule has 0 radical (unpaired) electrons. The van der Waals surface area contributed by atoms with E-state index in [1.807, 2.05) is 13.1 Å². The fourth-order valence-electron chi connectivity index (χ4n) is 2.78. The minimum absolute atomic E-state index is 0.0143. The van der Waals surface area contributed by atoms with E-state index < -0.39 is 0 Å². The van der Waals surface area contributed by atoms with Crippen LogP contribution in [-0.2, 0) is 4.74 Å². The van der Waals surface area contributed by atoms with Gasteiger partial charge in [-0.25, -0.2) is 4.39 Å². The van der Waals surface area contributed by atoms with Crippen LogP contribution in [0.25, 0.3) is 11.0 Å². The topological polar surface area (TPSA) is 34.4 Å². The first-order valence-corrected chi connectivity index (χ1v) is 6.69. The quantitative estimate of drug-likeness (QED) is 0.921. The van der Waals surface area contributed by atoms with Crippen LogP contribution in [0.5, 0.6) is 0 Å². The maximum absolute atomic E-state index is 13.2. The lowest BCUT2D eigenvalue weighted by atomic mass is 10.0. The summed E-state index contributed by atoms with van der Waals surface area (Å²) in [5.74, 6) is 0.564. The minimum atomic E-state index is -0.244. The highest BCUT2D eigenvalue weighted by Crippen LogP contribution is 2.32. The number of benzene rings is 1. The maximum atomic E-state index is 13.2. The monoisotopic (exact) mass is 263 g/mol. The number of hydrogen-bond donors (Lipinski definition) is 1. The fourth-order valence-corrected chi connectivity index (χ4v) is 2.78. The summed E-state index contributed by atoms with van der Waals surface area (Å²) in [4.78, 5) is 0. The Kier molecular flexibility index (Phi) is 3.29. The number of nitrogens with one attached hydrogen (secondary N) is 1. The summed E-state index contributed by atoms with van der Waals surface area (Å²) in [5, 5.41) is 4.04. The number of halogens is 1. The van der Waals surface area contributed by atoms with Gasteiger partial charge in [-0.2, -0.15) is 0 Å². The van der Waals surface area contributed by atoms with Crippen molar-refractivity contribution >= 4 is 11.0 Å². The highest BCUT2D eigenvalue weighted by molar-refractivity contribution is 5.78. The van der Waals surface area contributed by atoms with E-state index in [0.29, 0.717) is 11.7 Å². The molecule has 1 aromatic heterocycles. The Morgan fingerprint density at radius 3 is 2.84 bits per heavy atom. The van der Waals surface area contributed by atoms with E-state index in [4.69, 9.17) is 9.15 Å². The molecule has 3 unspecified atom stereocenters. The average molecular weight is 263 g/mol. The molecule has 2 aromatic rings. The molecule has 1 aliphatic heterocycles. The zero-order chi connectivity index (χ0) is 13.4. The number of hydrogen-bond acceptors (Lipinski definition) is 3. The summed E-state index contributed by atoms with van der Waals surface area (Å²) in [6.07, 6.45) is 2.49. The Labute approximate surface area is 111 Å². The first-order valence-electron chi connectivity index (χ1n) is 6.69. The summed E-state index contributed by atoms with van der Waals surface area (Å²) in [5.41, 5.74) is 0.711. The first kappa shape index (κ1) is 12.6. The second-order valence-electron chi connectivity index (χ2n) is 5.16. The Hall–Kier alpha value is -1.39. The van der Waals surface area contributed by atoms with Crippen LogP contribution in [0.15, 0.2) is 28.7 Å². The third kappa shape index (κ3) is 2.38. The zero-order valence-electron chi connectivity index (χ0n) is 11.2. The summed E-state index contributed by atoms with van der Waals surface area (Å²) < 4.78 is 24.9. The number of rotatable bonds is 3. The van der Waals surface area contributed by atoms with Crippen LogP contribution in [0.3, 0.4) is 0 Å². The molecular weight excluding hydrogens is 245 g/mol. The van der Waals surface area contributed by atoms with E-state index in [-0.39, 0.29) is 18.0 Å². The molecular formula is C15H18FNO2. The van der Waals surface area contributed by atoms with E-state index in [1.165, 1.54) is 12.1 Å². The second kappa shape index (κ2) is 4.94. The molecule has 0 spiro atoms. The van der Waals surface area contributed by atoms with Gasteiger partial charge in [-0.05, 0) is 51.1 Å². The van der Waals surface area contributed by atoms with Crippen LogP contribution in [0.4, 0.5) is 4.39 Å². The Morgan fingerprint density at radius 2 is 2.16 bits per heavy atom. The largest absolute Gasteiger partial charge is 0.459 e.